The fourth-order valence-electron chi connectivity index (χ4n) is 3.80. The lowest BCUT2D eigenvalue weighted by atomic mass is 10.1. The van der Waals surface area contributed by atoms with Gasteiger partial charge in [0.15, 0.2) is 5.69 Å². The lowest BCUT2D eigenvalue weighted by Crippen LogP contribution is -2.25. The van der Waals surface area contributed by atoms with E-state index in [1.54, 1.807) is 6.20 Å². The van der Waals surface area contributed by atoms with Crippen molar-refractivity contribution in [2.75, 3.05) is 6.61 Å². The molecule has 2 aromatic carbocycles. The second kappa shape index (κ2) is 8.55. The first-order valence-electron chi connectivity index (χ1n) is 10.5. The summed E-state index contributed by atoms with van der Waals surface area (Å²) in [4.78, 5) is 26.4. The molecular weight excluding hydrogens is 424 g/mol. The number of rotatable bonds is 6. The second-order valence-corrected chi connectivity index (χ2v) is 8.59. The summed E-state index contributed by atoms with van der Waals surface area (Å²) in [5.74, 6) is 1.29. The number of nitrogens with one attached hydrogen (secondary N) is 1. The zero-order chi connectivity index (χ0) is 22.1. The van der Waals surface area contributed by atoms with Crippen LogP contribution in [0, 0.1) is 0 Å². The smallest absolute Gasteiger partial charge is 0.272 e. The lowest BCUT2D eigenvalue weighted by molar-refractivity contribution is 0.0946. The largest absolute Gasteiger partial charge is 0.494 e. The number of ether oxygens (including phenoxy) is 2. The minimum absolute atomic E-state index is 0.139. The highest BCUT2D eigenvalue weighted by Crippen LogP contribution is 2.35. The number of para-hydroxylation sites is 1. The molecule has 1 aliphatic heterocycles. The summed E-state index contributed by atoms with van der Waals surface area (Å²) < 4.78 is 12.7. The van der Waals surface area contributed by atoms with E-state index in [0.717, 1.165) is 39.3 Å². The van der Waals surface area contributed by atoms with Crippen LogP contribution in [0.25, 0.3) is 20.9 Å². The van der Waals surface area contributed by atoms with Crippen LogP contribution in [0.2, 0.25) is 0 Å². The molecule has 0 unspecified atom stereocenters. The average molecular weight is 447 g/mol. The molecule has 8 heteroatoms. The molecule has 1 aliphatic rings. The van der Waals surface area contributed by atoms with Gasteiger partial charge in [-0.25, -0.2) is 15.0 Å². The van der Waals surface area contributed by atoms with Crippen molar-refractivity contribution in [2.24, 2.45) is 0 Å². The highest BCUT2D eigenvalue weighted by atomic mass is 32.1. The average Bonchev–Trinajstić information content (AvgIpc) is 3.39. The third kappa shape index (κ3) is 3.89. The van der Waals surface area contributed by atoms with Gasteiger partial charge in [0.05, 0.1) is 16.8 Å². The zero-order valence-corrected chi connectivity index (χ0v) is 18.6. The molecule has 0 bridgehead atoms. The Morgan fingerprint density at radius 1 is 1.25 bits per heavy atom. The van der Waals surface area contributed by atoms with Crippen LogP contribution in [-0.2, 0) is 13.0 Å². The predicted octanol–water partition coefficient (Wildman–Crippen LogP) is 4.41. The number of hydrogen-bond donors (Lipinski definition) is 1. The molecule has 7 nitrogen and oxygen atoms in total. The molecule has 3 heterocycles. The number of fused-ring (bicyclic) bond motifs is 2. The molecule has 32 heavy (non-hydrogen) atoms. The van der Waals surface area contributed by atoms with E-state index in [1.165, 1.54) is 17.5 Å². The molecule has 0 saturated carbocycles. The molecular formula is C24H22N4O3S. The Bertz CT molecular complexity index is 1270. The van der Waals surface area contributed by atoms with Gasteiger partial charge in [0.1, 0.15) is 28.3 Å². The standard InChI is InChI=1S/C24H22N4O3S/c1-3-30-18-11-15-10-14(2)31-19(15)12-16(18)13-27-23(29)21-22(26-9-8-25-21)24-28-17-6-4-5-7-20(17)32-24/h4-9,11-12,14H,3,10,13H2,1-2H3,(H,27,29)/t14-/m1/s1. The fraction of sp³-hybridized carbons (Fsp3) is 0.250. The van der Waals surface area contributed by atoms with Crippen LogP contribution in [0.3, 0.4) is 0 Å². The van der Waals surface area contributed by atoms with Crippen LogP contribution in [0.15, 0.2) is 48.8 Å². The maximum absolute atomic E-state index is 13.1. The van der Waals surface area contributed by atoms with Crippen molar-refractivity contribution < 1.29 is 14.3 Å². The topological polar surface area (TPSA) is 86.2 Å². The van der Waals surface area contributed by atoms with Crippen molar-refractivity contribution in [2.45, 2.75) is 32.9 Å². The van der Waals surface area contributed by atoms with Crippen LogP contribution in [0.5, 0.6) is 11.5 Å². The van der Waals surface area contributed by atoms with E-state index >= 15 is 0 Å². The maximum atomic E-state index is 13.1. The number of nitrogens with zero attached hydrogens (tertiary/aromatic N) is 3. The minimum atomic E-state index is -0.315. The van der Waals surface area contributed by atoms with E-state index < -0.39 is 0 Å². The van der Waals surface area contributed by atoms with Crippen LogP contribution in [0.4, 0.5) is 0 Å². The second-order valence-electron chi connectivity index (χ2n) is 7.56. The van der Waals surface area contributed by atoms with Gasteiger partial charge in [-0.15, -0.1) is 11.3 Å². The molecule has 1 amide bonds. The van der Waals surface area contributed by atoms with Crippen molar-refractivity contribution in [1.29, 1.82) is 0 Å². The van der Waals surface area contributed by atoms with E-state index in [2.05, 4.69) is 20.3 Å². The number of thiazole rings is 1. The molecule has 0 spiro atoms. The Morgan fingerprint density at radius 3 is 2.94 bits per heavy atom. The Labute approximate surface area is 189 Å². The van der Waals surface area contributed by atoms with Crippen molar-refractivity contribution in [3.05, 3.63) is 65.6 Å². The molecule has 0 saturated heterocycles. The van der Waals surface area contributed by atoms with Crippen molar-refractivity contribution in [1.82, 2.24) is 20.3 Å². The van der Waals surface area contributed by atoms with E-state index in [-0.39, 0.29) is 24.2 Å². The summed E-state index contributed by atoms with van der Waals surface area (Å²) in [5.41, 5.74) is 3.58. The first kappa shape index (κ1) is 20.4. The summed E-state index contributed by atoms with van der Waals surface area (Å²) in [5, 5.41) is 3.63. The van der Waals surface area contributed by atoms with Gasteiger partial charge in [-0.2, -0.15) is 0 Å². The monoisotopic (exact) mass is 446 g/mol. The van der Waals surface area contributed by atoms with Crippen LogP contribution >= 0.6 is 11.3 Å². The molecule has 4 aromatic rings. The van der Waals surface area contributed by atoms with Gasteiger partial charge in [-0.05, 0) is 38.1 Å². The number of hydrogen-bond acceptors (Lipinski definition) is 7. The zero-order valence-electron chi connectivity index (χ0n) is 17.8. The number of benzene rings is 2. The molecule has 1 atom stereocenters. The predicted molar refractivity (Wildman–Crippen MR) is 123 cm³/mol. The van der Waals surface area contributed by atoms with Gasteiger partial charge >= 0.3 is 0 Å². The Kier molecular flexibility index (Phi) is 5.45. The third-order valence-corrected chi connectivity index (χ3v) is 6.27. The molecule has 162 valence electrons. The number of amides is 1. The molecule has 0 aliphatic carbocycles. The highest BCUT2D eigenvalue weighted by molar-refractivity contribution is 7.21. The van der Waals surface area contributed by atoms with Gasteiger partial charge < -0.3 is 14.8 Å². The lowest BCUT2D eigenvalue weighted by Gasteiger charge is -2.13. The quantitative estimate of drug-likeness (QED) is 0.472. The fourth-order valence-corrected chi connectivity index (χ4v) is 4.77. The van der Waals surface area contributed by atoms with E-state index in [9.17, 15) is 4.79 Å². The number of carbonyl (C=O) groups is 1. The number of carbonyl (C=O) groups excluding carboxylic acids is 1. The van der Waals surface area contributed by atoms with Crippen LogP contribution < -0.4 is 14.8 Å². The Balaban J connectivity index is 1.40. The van der Waals surface area contributed by atoms with Gasteiger partial charge in [-0.1, -0.05) is 12.1 Å². The van der Waals surface area contributed by atoms with E-state index in [0.29, 0.717) is 17.3 Å². The van der Waals surface area contributed by atoms with Gasteiger partial charge in [0.2, 0.25) is 0 Å². The van der Waals surface area contributed by atoms with E-state index in [4.69, 9.17) is 9.47 Å². The molecule has 1 N–H and O–H groups in total. The summed E-state index contributed by atoms with van der Waals surface area (Å²) in [6.45, 7) is 4.81. The summed E-state index contributed by atoms with van der Waals surface area (Å²) in [6, 6.07) is 11.8. The summed E-state index contributed by atoms with van der Waals surface area (Å²) in [6.07, 6.45) is 4.08. The first-order valence-corrected chi connectivity index (χ1v) is 11.3. The minimum Gasteiger partial charge on any atom is -0.494 e. The Morgan fingerprint density at radius 2 is 2.09 bits per heavy atom. The first-order chi connectivity index (χ1) is 15.6. The summed E-state index contributed by atoms with van der Waals surface area (Å²) >= 11 is 1.49. The van der Waals surface area contributed by atoms with Gasteiger partial charge in [-0.3, -0.25) is 4.79 Å². The van der Waals surface area contributed by atoms with Crippen LogP contribution in [-0.4, -0.2) is 33.6 Å². The van der Waals surface area contributed by atoms with Crippen molar-refractivity contribution >= 4 is 27.5 Å². The molecule has 5 rings (SSSR count). The van der Waals surface area contributed by atoms with Gasteiger partial charge in [0, 0.05) is 36.5 Å². The van der Waals surface area contributed by atoms with Gasteiger partial charge in [0.25, 0.3) is 5.91 Å². The normalized spacial score (nSPS) is 14.8. The highest BCUT2D eigenvalue weighted by Gasteiger charge is 2.23. The van der Waals surface area contributed by atoms with E-state index in [1.807, 2.05) is 50.2 Å². The molecule has 0 radical (unpaired) electrons. The Hall–Kier alpha value is -3.52. The molecule has 0 fully saturated rings. The SMILES string of the molecule is CCOc1cc2c(cc1CNC(=O)c1nccnc1-c1nc3ccccc3s1)O[C@H](C)C2. The van der Waals surface area contributed by atoms with Crippen molar-refractivity contribution in [3.8, 4) is 22.2 Å². The summed E-state index contributed by atoms with van der Waals surface area (Å²) in [7, 11) is 0. The van der Waals surface area contributed by atoms with Crippen LogP contribution in [0.1, 0.15) is 35.5 Å². The van der Waals surface area contributed by atoms with Crippen molar-refractivity contribution in [3.63, 3.8) is 0 Å². The molecule has 2 aromatic heterocycles. The number of aromatic nitrogens is 3. The third-order valence-electron chi connectivity index (χ3n) is 5.23. The maximum Gasteiger partial charge on any atom is 0.272 e.